The Kier molecular flexibility index (Phi) is 4.97. The molecule has 0 aromatic rings. The maximum absolute atomic E-state index is 10.9. The highest BCUT2D eigenvalue weighted by atomic mass is 31.2. The Labute approximate surface area is 83.8 Å². The van der Waals surface area contributed by atoms with Crippen LogP contribution in [0.2, 0.25) is 0 Å². The maximum Gasteiger partial charge on any atom is 0.472 e. The minimum absolute atomic E-state index is 1.19. The van der Waals surface area contributed by atoms with Crippen LogP contribution >= 0.6 is 7.82 Å². The van der Waals surface area contributed by atoms with Crippen molar-refractivity contribution in [1.82, 2.24) is 0 Å². The molecule has 0 amide bonds. The molecule has 9 nitrogen and oxygen atoms in total. The van der Waals surface area contributed by atoms with Crippen molar-refractivity contribution in [2.45, 2.75) is 11.9 Å². The van der Waals surface area contributed by atoms with Crippen molar-refractivity contribution in [2.75, 3.05) is 13.2 Å². The van der Waals surface area contributed by atoms with Crippen LogP contribution in [0.15, 0.2) is 0 Å². The number of phosphoric ester groups is 1. The second-order valence-electron chi connectivity index (χ2n) is 2.56. The highest BCUT2D eigenvalue weighted by Gasteiger charge is 2.48. The summed E-state index contributed by atoms with van der Waals surface area (Å²) in [7, 11) is -5.27. The second-order valence-corrected chi connectivity index (χ2v) is 3.72. The van der Waals surface area contributed by atoms with Crippen LogP contribution in [0.3, 0.4) is 0 Å². The fourth-order valence-corrected chi connectivity index (χ4v) is 1.30. The molecule has 90 valence electrons. The number of hydrogen-bond donors (Lipinski definition) is 6. The van der Waals surface area contributed by atoms with Crippen molar-refractivity contribution in [1.29, 1.82) is 0 Å². The molecule has 10 heteroatoms. The van der Waals surface area contributed by atoms with E-state index >= 15 is 0 Å². The number of Topliss-reactive ketones (excluding diaryl/α,β-unsaturated/α-hetero) is 1. The third kappa shape index (κ3) is 3.93. The van der Waals surface area contributed by atoms with Gasteiger partial charge in [0.2, 0.25) is 5.78 Å². The van der Waals surface area contributed by atoms with E-state index in [1.165, 1.54) is 0 Å². The van der Waals surface area contributed by atoms with Crippen molar-refractivity contribution in [2.24, 2.45) is 0 Å². The Morgan fingerprint density at radius 2 is 1.87 bits per heavy atom. The number of aliphatic hydroxyl groups is 4. The third-order valence-corrected chi connectivity index (χ3v) is 1.94. The van der Waals surface area contributed by atoms with Crippen molar-refractivity contribution in [3.63, 3.8) is 0 Å². The minimum atomic E-state index is -5.27. The summed E-state index contributed by atoms with van der Waals surface area (Å²) in [5, 5.41) is 35.0. The Bertz CT molecular complexity index is 272. The van der Waals surface area contributed by atoms with E-state index in [9.17, 15) is 14.5 Å². The van der Waals surface area contributed by atoms with Crippen LogP contribution in [0.25, 0.3) is 0 Å². The van der Waals surface area contributed by atoms with E-state index in [1.807, 2.05) is 0 Å². The molecule has 6 N–H and O–H groups in total. The molecule has 0 aromatic heterocycles. The molecule has 0 aliphatic rings. The molecule has 0 rings (SSSR count). The van der Waals surface area contributed by atoms with Gasteiger partial charge in [0.15, 0.2) is 0 Å². The lowest BCUT2D eigenvalue weighted by molar-refractivity contribution is -0.219. The van der Waals surface area contributed by atoms with Gasteiger partial charge in [-0.3, -0.25) is 4.79 Å². The zero-order chi connectivity index (χ0) is 12.3. The highest BCUT2D eigenvalue weighted by molar-refractivity contribution is 7.46. The first-order valence-corrected chi connectivity index (χ1v) is 5.12. The molecule has 2 unspecified atom stereocenters. The number of hydrogen-bond acceptors (Lipinski definition) is 7. The molecule has 0 radical (unpaired) electrons. The fraction of sp³-hybridized carbons (Fsp3) is 0.800. The zero-order valence-corrected chi connectivity index (χ0v) is 8.24. The van der Waals surface area contributed by atoms with Gasteiger partial charge in [-0.1, -0.05) is 0 Å². The first-order valence-electron chi connectivity index (χ1n) is 3.59. The first kappa shape index (κ1) is 14.6. The van der Waals surface area contributed by atoms with Gasteiger partial charge in [0.05, 0.1) is 6.61 Å². The Morgan fingerprint density at radius 3 is 2.13 bits per heavy atom. The number of phosphoric acid groups is 1. The van der Waals surface area contributed by atoms with Gasteiger partial charge in [-0.05, 0) is 0 Å². The Balaban J connectivity index is 5.03. The van der Waals surface area contributed by atoms with Crippen LogP contribution in [0, 0.1) is 0 Å². The summed E-state index contributed by atoms with van der Waals surface area (Å²) < 4.78 is 14.0. The van der Waals surface area contributed by atoms with E-state index in [0.717, 1.165) is 0 Å². The van der Waals surface area contributed by atoms with Crippen LogP contribution in [0.4, 0.5) is 0 Å². The van der Waals surface area contributed by atoms with E-state index in [-0.39, 0.29) is 0 Å². The number of ketones is 1. The van der Waals surface area contributed by atoms with Gasteiger partial charge in [0.25, 0.3) is 5.79 Å². The molecule has 0 aliphatic heterocycles. The predicted octanol–water partition coefficient (Wildman–Crippen LogP) is -3.30. The molecule has 0 spiro atoms. The van der Waals surface area contributed by atoms with Crippen molar-refractivity contribution in [3.05, 3.63) is 0 Å². The number of carbonyl (C=O) groups is 1. The topological polar surface area (TPSA) is 165 Å². The molecule has 0 saturated carbocycles. The Hall–Kier alpha value is -0.380. The molecular weight excluding hydrogens is 235 g/mol. The summed E-state index contributed by atoms with van der Waals surface area (Å²) in [5.74, 6) is -4.94. The normalized spacial score (nSPS) is 18.3. The number of aliphatic hydroxyl groups excluding tert-OH is 3. The highest BCUT2D eigenvalue weighted by Crippen LogP contribution is 2.41. The lowest BCUT2D eigenvalue weighted by Gasteiger charge is -2.29. The minimum Gasteiger partial charge on any atom is -0.393 e. The molecule has 15 heavy (non-hydrogen) atoms. The van der Waals surface area contributed by atoms with E-state index in [0.29, 0.717) is 0 Å². The van der Waals surface area contributed by atoms with Crippen LogP contribution in [0.5, 0.6) is 0 Å². The van der Waals surface area contributed by atoms with E-state index < -0.39 is 38.7 Å². The predicted molar refractivity (Wildman–Crippen MR) is 43.3 cm³/mol. The molecule has 0 saturated heterocycles. The average Bonchev–Trinajstić information content (AvgIpc) is 2.12. The van der Waals surface area contributed by atoms with E-state index in [2.05, 4.69) is 4.52 Å². The van der Waals surface area contributed by atoms with Crippen LogP contribution in [-0.2, 0) is 13.9 Å². The molecule has 0 heterocycles. The summed E-state index contributed by atoms with van der Waals surface area (Å²) in [6.45, 7) is -2.52. The summed E-state index contributed by atoms with van der Waals surface area (Å²) in [4.78, 5) is 27.6. The molecular formula is C5H11O9P. The van der Waals surface area contributed by atoms with Gasteiger partial charge in [-0.2, -0.15) is 0 Å². The Morgan fingerprint density at radius 1 is 1.40 bits per heavy atom. The van der Waals surface area contributed by atoms with Gasteiger partial charge in [0.1, 0.15) is 12.7 Å². The van der Waals surface area contributed by atoms with E-state index in [1.54, 1.807) is 0 Å². The second kappa shape index (κ2) is 5.10. The van der Waals surface area contributed by atoms with E-state index in [4.69, 9.17) is 25.1 Å². The largest absolute Gasteiger partial charge is 0.472 e. The third-order valence-electron chi connectivity index (χ3n) is 1.43. The van der Waals surface area contributed by atoms with Crippen molar-refractivity contribution < 1.29 is 44.1 Å². The molecule has 0 aromatic carbocycles. The van der Waals surface area contributed by atoms with Gasteiger partial charge in [-0.15, -0.1) is 0 Å². The number of carbonyl (C=O) groups excluding carboxylic acids is 1. The molecule has 0 aliphatic carbocycles. The van der Waals surface area contributed by atoms with Crippen molar-refractivity contribution >= 4 is 13.6 Å². The van der Waals surface area contributed by atoms with Gasteiger partial charge >= 0.3 is 7.82 Å². The average molecular weight is 246 g/mol. The molecule has 0 fully saturated rings. The molecule has 2 atom stereocenters. The SMILES string of the molecule is O=C(CO)C(O)(OP(=O)(O)O)C(O)CO. The van der Waals surface area contributed by atoms with Crippen LogP contribution < -0.4 is 0 Å². The van der Waals surface area contributed by atoms with Crippen LogP contribution in [0.1, 0.15) is 0 Å². The first-order chi connectivity index (χ1) is 6.67. The summed E-state index contributed by atoms with van der Waals surface area (Å²) >= 11 is 0. The maximum atomic E-state index is 10.9. The summed E-state index contributed by atoms with van der Waals surface area (Å²) in [5.41, 5.74) is 0. The molecule has 0 bridgehead atoms. The number of rotatable bonds is 6. The zero-order valence-electron chi connectivity index (χ0n) is 7.35. The monoisotopic (exact) mass is 246 g/mol. The van der Waals surface area contributed by atoms with Gasteiger partial charge < -0.3 is 30.2 Å². The van der Waals surface area contributed by atoms with Gasteiger partial charge in [0, 0.05) is 0 Å². The standard InChI is InChI=1S/C5H11O9P/c6-1-3(8)5(10,4(9)2-7)14-15(11,12)13/h3,6-8,10H,1-2H2,(H2,11,12,13). The summed E-state index contributed by atoms with van der Waals surface area (Å²) in [6, 6.07) is 0. The quantitative estimate of drug-likeness (QED) is 0.208. The van der Waals surface area contributed by atoms with Crippen molar-refractivity contribution in [3.8, 4) is 0 Å². The van der Waals surface area contributed by atoms with Gasteiger partial charge in [-0.25, -0.2) is 9.09 Å². The lowest BCUT2D eigenvalue weighted by atomic mass is 10.1. The summed E-state index contributed by atoms with van der Waals surface area (Å²) in [6.07, 6.45) is -2.29. The smallest absolute Gasteiger partial charge is 0.393 e. The lowest BCUT2D eigenvalue weighted by Crippen LogP contribution is -2.54. The van der Waals surface area contributed by atoms with Crippen LogP contribution in [-0.4, -0.2) is 61.1 Å². The fourth-order valence-electron chi connectivity index (χ4n) is 0.716.